The molecule has 2 heteroatoms. The highest BCUT2D eigenvalue weighted by molar-refractivity contribution is 5.40. The van der Waals surface area contributed by atoms with Gasteiger partial charge in [0.25, 0.3) is 0 Å². The molecule has 104 valence electrons. The van der Waals surface area contributed by atoms with Gasteiger partial charge in [-0.05, 0) is 62.4 Å². The number of anilines is 1. The molecule has 1 aliphatic carbocycles. The minimum absolute atomic E-state index is 0.750. The first-order chi connectivity index (χ1) is 9.33. The molecular weight excluding hydrogens is 232 g/mol. The Hall–Kier alpha value is -1.02. The summed E-state index contributed by atoms with van der Waals surface area (Å²) >= 11 is 0. The lowest BCUT2D eigenvalue weighted by Crippen LogP contribution is -2.41. The van der Waals surface area contributed by atoms with Crippen molar-refractivity contribution in [3.63, 3.8) is 0 Å². The highest BCUT2D eigenvalue weighted by Gasteiger charge is 2.26. The maximum Gasteiger partial charge on any atom is 0.0314 e. The zero-order valence-electron chi connectivity index (χ0n) is 11.9. The molecule has 0 atom stereocenters. The van der Waals surface area contributed by atoms with E-state index in [4.69, 9.17) is 5.73 Å². The van der Waals surface area contributed by atoms with Gasteiger partial charge in [0.05, 0.1) is 0 Å². The van der Waals surface area contributed by atoms with Crippen molar-refractivity contribution < 1.29 is 0 Å². The minimum atomic E-state index is 0.750. The zero-order valence-corrected chi connectivity index (χ0v) is 11.9. The van der Waals surface area contributed by atoms with Crippen LogP contribution in [0.4, 0.5) is 5.69 Å². The van der Waals surface area contributed by atoms with Crippen LogP contribution in [-0.4, -0.2) is 24.0 Å². The van der Waals surface area contributed by atoms with Crippen molar-refractivity contribution in [1.82, 2.24) is 4.90 Å². The SMILES string of the molecule is Nc1ccc(C2CCN(C3CCCCC3)CC2)cc1. The van der Waals surface area contributed by atoms with Crippen molar-refractivity contribution in [2.75, 3.05) is 18.8 Å². The maximum absolute atomic E-state index is 5.77. The van der Waals surface area contributed by atoms with Crippen LogP contribution < -0.4 is 5.73 Å². The van der Waals surface area contributed by atoms with Gasteiger partial charge in [-0.15, -0.1) is 0 Å². The third-order valence-corrected chi connectivity index (χ3v) is 5.03. The quantitative estimate of drug-likeness (QED) is 0.818. The summed E-state index contributed by atoms with van der Waals surface area (Å²) in [7, 11) is 0. The highest BCUT2D eigenvalue weighted by Crippen LogP contribution is 2.32. The predicted octanol–water partition coefficient (Wildman–Crippen LogP) is 3.78. The predicted molar refractivity (Wildman–Crippen MR) is 81.3 cm³/mol. The Kier molecular flexibility index (Phi) is 4.07. The van der Waals surface area contributed by atoms with E-state index in [0.717, 1.165) is 17.6 Å². The van der Waals surface area contributed by atoms with Gasteiger partial charge >= 0.3 is 0 Å². The summed E-state index contributed by atoms with van der Waals surface area (Å²) in [5.74, 6) is 0.750. The number of hydrogen-bond acceptors (Lipinski definition) is 2. The zero-order chi connectivity index (χ0) is 13.1. The average molecular weight is 258 g/mol. The third kappa shape index (κ3) is 3.11. The van der Waals surface area contributed by atoms with Gasteiger partial charge < -0.3 is 10.6 Å². The number of piperidine rings is 1. The van der Waals surface area contributed by atoms with Crippen LogP contribution in [0.1, 0.15) is 56.4 Å². The van der Waals surface area contributed by atoms with Gasteiger partial charge in [0.1, 0.15) is 0 Å². The fourth-order valence-corrected chi connectivity index (χ4v) is 3.81. The van der Waals surface area contributed by atoms with Gasteiger partial charge in [0, 0.05) is 11.7 Å². The van der Waals surface area contributed by atoms with Crippen LogP contribution in [0.2, 0.25) is 0 Å². The largest absolute Gasteiger partial charge is 0.399 e. The second kappa shape index (κ2) is 5.96. The Balaban J connectivity index is 1.55. The monoisotopic (exact) mass is 258 g/mol. The van der Waals surface area contributed by atoms with Crippen molar-refractivity contribution in [2.45, 2.75) is 56.9 Å². The molecule has 1 heterocycles. The smallest absolute Gasteiger partial charge is 0.0314 e. The summed E-state index contributed by atoms with van der Waals surface area (Å²) in [6.07, 6.45) is 9.86. The molecule has 0 bridgehead atoms. The lowest BCUT2D eigenvalue weighted by Gasteiger charge is -2.39. The second-order valence-corrected chi connectivity index (χ2v) is 6.27. The summed E-state index contributed by atoms with van der Waals surface area (Å²) in [5, 5.41) is 0. The molecule has 2 fully saturated rings. The third-order valence-electron chi connectivity index (χ3n) is 5.03. The van der Waals surface area contributed by atoms with Crippen LogP contribution in [0.15, 0.2) is 24.3 Å². The molecule has 1 saturated carbocycles. The van der Waals surface area contributed by atoms with Crippen molar-refractivity contribution in [3.8, 4) is 0 Å². The van der Waals surface area contributed by atoms with Gasteiger partial charge in [-0.2, -0.15) is 0 Å². The summed E-state index contributed by atoms with van der Waals surface area (Å²) in [6.45, 7) is 2.58. The number of likely N-dealkylation sites (tertiary alicyclic amines) is 1. The van der Waals surface area contributed by atoms with E-state index >= 15 is 0 Å². The van der Waals surface area contributed by atoms with Crippen LogP contribution >= 0.6 is 0 Å². The lowest BCUT2D eigenvalue weighted by molar-refractivity contribution is 0.122. The molecule has 19 heavy (non-hydrogen) atoms. The molecule has 0 spiro atoms. The van der Waals surface area contributed by atoms with Crippen LogP contribution in [0.25, 0.3) is 0 Å². The summed E-state index contributed by atoms with van der Waals surface area (Å²) in [6, 6.07) is 9.42. The highest BCUT2D eigenvalue weighted by atomic mass is 15.2. The Morgan fingerprint density at radius 3 is 2.11 bits per heavy atom. The molecule has 0 unspecified atom stereocenters. The van der Waals surface area contributed by atoms with Crippen molar-refractivity contribution in [1.29, 1.82) is 0 Å². The molecular formula is C17H26N2. The molecule has 1 aromatic carbocycles. The standard InChI is InChI=1S/C17H26N2/c18-16-8-6-14(7-9-16)15-10-12-19(13-11-15)17-4-2-1-3-5-17/h6-9,15,17H,1-5,10-13,18H2. The van der Waals surface area contributed by atoms with E-state index < -0.39 is 0 Å². The molecule has 1 saturated heterocycles. The Morgan fingerprint density at radius 1 is 0.842 bits per heavy atom. The first-order valence-electron chi connectivity index (χ1n) is 7.92. The summed E-state index contributed by atoms with van der Waals surface area (Å²) < 4.78 is 0. The van der Waals surface area contributed by atoms with Crippen molar-refractivity contribution >= 4 is 5.69 Å². The Labute approximate surface area is 117 Å². The maximum atomic E-state index is 5.77. The van der Waals surface area contributed by atoms with E-state index in [-0.39, 0.29) is 0 Å². The van der Waals surface area contributed by atoms with E-state index in [2.05, 4.69) is 17.0 Å². The first kappa shape index (κ1) is 13.0. The van der Waals surface area contributed by atoms with E-state index in [1.54, 1.807) is 0 Å². The molecule has 0 aromatic heterocycles. The second-order valence-electron chi connectivity index (χ2n) is 6.27. The molecule has 2 N–H and O–H groups in total. The molecule has 2 aliphatic rings. The van der Waals surface area contributed by atoms with Gasteiger partial charge in [-0.1, -0.05) is 31.4 Å². The van der Waals surface area contributed by atoms with Gasteiger partial charge in [0.2, 0.25) is 0 Å². The number of nitrogens with zero attached hydrogens (tertiary/aromatic N) is 1. The van der Waals surface area contributed by atoms with Crippen LogP contribution in [0.5, 0.6) is 0 Å². The molecule has 1 aliphatic heterocycles. The van der Waals surface area contributed by atoms with Crippen molar-refractivity contribution in [3.05, 3.63) is 29.8 Å². The van der Waals surface area contributed by atoms with E-state index in [0.29, 0.717) is 0 Å². The van der Waals surface area contributed by atoms with Crippen LogP contribution in [0, 0.1) is 0 Å². The van der Waals surface area contributed by atoms with E-state index in [1.165, 1.54) is 63.6 Å². The lowest BCUT2D eigenvalue weighted by atomic mass is 9.86. The molecule has 2 nitrogen and oxygen atoms in total. The number of rotatable bonds is 2. The number of benzene rings is 1. The number of hydrogen-bond donors (Lipinski definition) is 1. The van der Waals surface area contributed by atoms with Gasteiger partial charge in [-0.25, -0.2) is 0 Å². The molecule has 1 aromatic rings. The normalized spacial score (nSPS) is 23.6. The van der Waals surface area contributed by atoms with Gasteiger partial charge in [-0.3, -0.25) is 0 Å². The molecule has 0 radical (unpaired) electrons. The Bertz CT molecular complexity index is 384. The first-order valence-corrected chi connectivity index (χ1v) is 7.92. The fourth-order valence-electron chi connectivity index (χ4n) is 3.81. The number of nitrogens with two attached hydrogens (primary N) is 1. The topological polar surface area (TPSA) is 29.3 Å². The summed E-state index contributed by atoms with van der Waals surface area (Å²) in [4.78, 5) is 2.76. The van der Waals surface area contributed by atoms with Crippen LogP contribution in [-0.2, 0) is 0 Å². The molecule has 0 amide bonds. The van der Waals surface area contributed by atoms with E-state index in [9.17, 15) is 0 Å². The average Bonchev–Trinajstić information content (AvgIpc) is 2.49. The fraction of sp³-hybridized carbons (Fsp3) is 0.647. The van der Waals surface area contributed by atoms with Gasteiger partial charge in [0.15, 0.2) is 0 Å². The molecule has 3 rings (SSSR count). The Morgan fingerprint density at radius 2 is 1.47 bits per heavy atom. The summed E-state index contributed by atoms with van der Waals surface area (Å²) in [5.41, 5.74) is 8.13. The van der Waals surface area contributed by atoms with Crippen LogP contribution in [0.3, 0.4) is 0 Å². The van der Waals surface area contributed by atoms with E-state index in [1.807, 2.05) is 12.1 Å². The van der Waals surface area contributed by atoms with Crippen molar-refractivity contribution in [2.24, 2.45) is 0 Å². The minimum Gasteiger partial charge on any atom is -0.399 e. The number of nitrogen functional groups attached to an aromatic ring is 1.